The Balaban J connectivity index is 1.50. The Hall–Kier alpha value is -2.69. The van der Waals surface area contributed by atoms with Gasteiger partial charge in [-0.05, 0) is 49.4 Å². The number of benzene rings is 2. The highest BCUT2D eigenvalue weighted by Crippen LogP contribution is 2.20. The van der Waals surface area contributed by atoms with Crippen molar-refractivity contribution in [2.24, 2.45) is 5.92 Å². The Bertz CT molecular complexity index is 798. The molecule has 0 bridgehead atoms. The van der Waals surface area contributed by atoms with Crippen LogP contribution in [0.2, 0.25) is 0 Å². The summed E-state index contributed by atoms with van der Waals surface area (Å²) in [6.45, 7) is 3.67. The van der Waals surface area contributed by atoms with Gasteiger partial charge in [-0.15, -0.1) is 0 Å². The van der Waals surface area contributed by atoms with E-state index in [0.29, 0.717) is 31.1 Å². The van der Waals surface area contributed by atoms with Gasteiger partial charge in [-0.3, -0.25) is 9.59 Å². The molecular formula is C21H23FN2O2. The Morgan fingerprint density at radius 2 is 1.65 bits per heavy atom. The van der Waals surface area contributed by atoms with Gasteiger partial charge in [0.25, 0.3) is 11.8 Å². The number of piperidine rings is 1. The van der Waals surface area contributed by atoms with Crippen LogP contribution >= 0.6 is 0 Å². The third kappa shape index (κ3) is 4.10. The molecule has 0 saturated carbocycles. The third-order valence-electron chi connectivity index (χ3n) is 4.95. The van der Waals surface area contributed by atoms with Crippen LogP contribution in [0.15, 0.2) is 48.5 Å². The van der Waals surface area contributed by atoms with Crippen molar-refractivity contribution in [3.8, 4) is 0 Å². The lowest BCUT2D eigenvalue weighted by atomic mass is 9.96. The number of hydrogen-bond acceptors (Lipinski definition) is 2. The molecule has 1 saturated heterocycles. The number of carbonyl (C=O) groups is 2. The molecule has 1 N–H and O–H groups in total. The molecule has 3 rings (SSSR count). The molecule has 1 heterocycles. The molecule has 2 amide bonds. The van der Waals surface area contributed by atoms with Crippen LogP contribution in [0.5, 0.6) is 0 Å². The fourth-order valence-electron chi connectivity index (χ4n) is 3.31. The largest absolute Gasteiger partial charge is 0.352 e. The van der Waals surface area contributed by atoms with Crippen molar-refractivity contribution in [1.82, 2.24) is 10.2 Å². The maximum absolute atomic E-state index is 13.8. The molecule has 0 aliphatic carbocycles. The number of carbonyl (C=O) groups excluding carboxylic acids is 2. The van der Waals surface area contributed by atoms with Gasteiger partial charge in [0.15, 0.2) is 0 Å². The molecule has 1 aliphatic rings. The van der Waals surface area contributed by atoms with Gasteiger partial charge in [0.2, 0.25) is 0 Å². The average Bonchev–Trinajstić information content (AvgIpc) is 2.67. The number of aryl methyl sites for hydroxylation is 1. The average molecular weight is 354 g/mol. The van der Waals surface area contributed by atoms with E-state index >= 15 is 0 Å². The first-order valence-electron chi connectivity index (χ1n) is 8.94. The van der Waals surface area contributed by atoms with Crippen LogP contribution in [-0.4, -0.2) is 36.3 Å². The Morgan fingerprint density at radius 3 is 2.31 bits per heavy atom. The lowest BCUT2D eigenvalue weighted by molar-refractivity contribution is 0.0679. The summed E-state index contributed by atoms with van der Waals surface area (Å²) in [4.78, 5) is 26.4. The quantitative estimate of drug-likeness (QED) is 0.915. The van der Waals surface area contributed by atoms with E-state index in [-0.39, 0.29) is 17.4 Å². The molecule has 26 heavy (non-hydrogen) atoms. The van der Waals surface area contributed by atoms with E-state index in [1.165, 1.54) is 12.1 Å². The molecule has 0 aromatic heterocycles. The summed E-state index contributed by atoms with van der Waals surface area (Å²) in [6.07, 6.45) is 1.60. The van der Waals surface area contributed by atoms with Crippen molar-refractivity contribution in [2.75, 3.05) is 19.6 Å². The minimum atomic E-state index is -0.481. The zero-order chi connectivity index (χ0) is 18.5. The van der Waals surface area contributed by atoms with Crippen LogP contribution in [0, 0.1) is 18.7 Å². The number of rotatable bonds is 4. The molecule has 2 aromatic carbocycles. The van der Waals surface area contributed by atoms with Gasteiger partial charge < -0.3 is 10.2 Å². The maximum atomic E-state index is 13.8. The Labute approximate surface area is 153 Å². The number of halogens is 1. The number of nitrogens with zero attached hydrogens (tertiary/aromatic N) is 1. The van der Waals surface area contributed by atoms with Crippen LogP contribution in [0.4, 0.5) is 4.39 Å². The van der Waals surface area contributed by atoms with Crippen LogP contribution in [0.3, 0.4) is 0 Å². The number of likely N-dealkylation sites (tertiary alicyclic amines) is 1. The van der Waals surface area contributed by atoms with Gasteiger partial charge in [-0.25, -0.2) is 4.39 Å². The number of hydrogen-bond donors (Lipinski definition) is 1. The van der Waals surface area contributed by atoms with E-state index < -0.39 is 5.82 Å². The summed E-state index contributed by atoms with van der Waals surface area (Å²) in [5.74, 6) is -0.476. The summed E-state index contributed by atoms with van der Waals surface area (Å²) in [7, 11) is 0. The van der Waals surface area contributed by atoms with Crippen LogP contribution < -0.4 is 5.32 Å². The van der Waals surface area contributed by atoms with Gasteiger partial charge in [-0.1, -0.05) is 30.3 Å². The topological polar surface area (TPSA) is 49.4 Å². The standard InChI is InChI=1S/C21H23FN2O2/c1-15-6-2-3-7-17(15)20(25)23-14-16-10-12-24(13-11-16)21(26)18-8-4-5-9-19(18)22/h2-9,16H,10-14H2,1H3,(H,23,25). The minimum absolute atomic E-state index is 0.0621. The molecule has 0 atom stereocenters. The first-order valence-corrected chi connectivity index (χ1v) is 8.94. The maximum Gasteiger partial charge on any atom is 0.256 e. The van der Waals surface area contributed by atoms with Gasteiger partial charge in [0, 0.05) is 25.2 Å². The smallest absolute Gasteiger partial charge is 0.256 e. The van der Waals surface area contributed by atoms with Crippen LogP contribution in [0.25, 0.3) is 0 Å². The van der Waals surface area contributed by atoms with Crippen molar-refractivity contribution in [3.63, 3.8) is 0 Å². The summed E-state index contributed by atoms with van der Waals surface area (Å²) >= 11 is 0. The molecular weight excluding hydrogens is 331 g/mol. The van der Waals surface area contributed by atoms with Crippen molar-refractivity contribution >= 4 is 11.8 Å². The first-order chi connectivity index (χ1) is 12.6. The van der Waals surface area contributed by atoms with Crippen molar-refractivity contribution < 1.29 is 14.0 Å². The Morgan fingerprint density at radius 1 is 1.04 bits per heavy atom. The van der Waals surface area contributed by atoms with Crippen LogP contribution in [0.1, 0.15) is 39.1 Å². The molecule has 136 valence electrons. The Kier molecular flexibility index (Phi) is 5.66. The molecule has 0 spiro atoms. The molecule has 1 fully saturated rings. The van der Waals surface area contributed by atoms with Crippen molar-refractivity contribution in [2.45, 2.75) is 19.8 Å². The van der Waals surface area contributed by atoms with E-state index in [0.717, 1.165) is 18.4 Å². The lowest BCUT2D eigenvalue weighted by Gasteiger charge is -2.32. The zero-order valence-corrected chi connectivity index (χ0v) is 14.9. The van der Waals surface area contributed by atoms with Crippen LogP contribution in [-0.2, 0) is 0 Å². The predicted molar refractivity (Wildman–Crippen MR) is 98.5 cm³/mol. The second-order valence-corrected chi connectivity index (χ2v) is 6.74. The lowest BCUT2D eigenvalue weighted by Crippen LogP contribution is -2.41. The molecule has 0 unspecified atom stereocenters. The van der Waals surface area contributed by atoms with E-state index in [1.807, 2.05) is 31.2 Å². The second kappa shape index (κ2) is 8.13. The van der Waals surface area contributed by atoms with Gasteiger partial charge >= 0.3 is 0 Å². The van der Waals surface area contributed by atoms with E-state index in [1.54, 1.807) is 17.0 Å². The first kappa shape index (κ1) is 18.1. The fourth-order valence-corrected chi connectivity index (χ4v) is 3.31. The molecule has 0 radical (unpaired) electrons. The van der Waals surface area contributed by atoms with Gasteiger partial charge in [-0.2, -0.15) is 0 Å². The summed E-state index contributed by atoms with van der Waals surface area (Å²) in [6, 6.07) is 13.6. The summed E-state index contributed by atoms with van der Waals surface area (Å²) < 4.78 is 13.8. The van der Waals surface area contributed by atoms with Crippen molar-refractivity contribution in [3.05, 3.63) is 71.0 Å². The normalized spacial score (nSPS) is 14.9. The second-order valence-electron chi connectivity index (χ2n) is 6.74. The minimum Gasteiger partial charge on any atom is -0.352 e. The van der Waals surface area contributed by atoms with Gasteiger partial charge in [0.05, 0.1) is 5.56 Å². The number of amides is 2. The molecule has 1 aliphatic heterocycles. The van der Waals surface area contributed by atoms with E-state index in [2.05, 4.69) is 5.32 Å². The highest BCUT2D eigenvalue weighted by molar-refractivity contribution is 5.95. The predicted octanol–water partition coefficient (Wildman–Crippen LogP) is 3.42. The fraction of sp³-hybridized carbons (Fsp3) is 0.333. The molecule has 4 nitrogen and oxygen atoms in total. The summed E-state index contributed by atoms with van der Waals surface area (Å²) in [5, 5.41) is 2.99. The highest BCUT2D eigenvalue weighted by atomic mass is 19.1. The monoisotopic (exact) mass is 354 g/mol. The number of nitrogens with one attached hydrogen (secondary N) is 1. The van der Waals surface area contributed by atoms with E-state index in [4.69, 9.17) is 0 Å². The zero-order valence-electron chi connectivity index (χ0n) is 14.9. The molecule has 5 heteroatoms. The SMILES string of the molecule is Cc1ccccc1C(=O)NCC1CCN(C(=O)c2ccccc2F)CC1. The summed E-state index contributed by atoms with van der Waals surface area (Å²) in [5.41, 5.74) is 1.77. The highest BCUT2D eigenvalue weighted by Gasteiger charge is 2.25. The van der Waals surface area contributed by atoms with E-state index in [9.17, 15) is 14.0 Å². The molecule has 2 aromatic rings. The van der Waals surface area contributed by atoms with Crippen molar-refractivity contribution in [1.29, 1.82) is 0 Å². The van der Waals surface area contributed by atoms with Gasteiger partial charge in [0.1, 0.15) is 5.82 Å². The third-order valence-corrected chi connectivity index (χ3v) is 4.95.